The lowest BCUT2D eigenvalue weighted by Crippen LogP contribution is -2.29. The summed E-state index contributed by atoms with van der Waals surface area (Å²) in [7, 11) is 1.58. The van der Waals surface area contributed by atoms with E-state index in [-0.39, 0.29) is 19.1 Å². The Kier molecular flexibility index (Phi) is 7.21. The number of benzene rings is 1. The molecule has 4 rings (SSSR count). The van der Waals surface area contributed by atoms with E-state index in [9.17, 15) is 9.90 Å². The first-order valence-electron chi connectivity index (χ1n) is 9.85. The summed E-state index contributed by atoms with van der Waals surface area (Å²) in [5.41, 5.74) is 1.52. The van der Waals surface area contributed by atoms with Gasteiger partial charge in [-0.15, -0.1) is 22.7 Å². The van der Waals surface area contributed by atoms with Gasteiger partial charge in [-0.25, -0.2) is 4.98 Å². The van der Waals surface area contributed by atoms with Gasteiger partial charge >= 0.3 is 0 Å². The van der Waals surface area contributed by atoms with Gasteiger partial charge in [-0.1, -0.05) is 12.1 Å². The van der Waals surface area contributed by atoms with Gasteiger partial charge in [0.25, 0.3) is 5.91 Å². The van der Waals surface area contributed by atoms with Crippen molar-refractivity contribution in [3.05, 3.63) is 86.4 Å². The average molecular weight is 471 g/mol. The number of thiophene rings is 1. The van der Waals surface area contributed by atoms with Gasteiger partial charge in [0, 0.05) is 11.9 Å². The van der Waals surface area contributed by atoms with E-state index in [2.05, 4.69) is 4.98 Å². The van der Waals surface area contributed by atoms with Crippen molar-refractivity contribution in [1.29, 1.82) is 0 Å². The van der Waals surface area contributed by atoms with E-state index in [1.165, 1.54) is 22.7 Å². The summed E-state index contributed by atoms with van der Waals surface area (Å²) in [4.78, 5) is 19.8. The predicted octanol–water partition coefficient (Wildman–Crippen LogP) is 4.72. The van der Waals surface area contributed by atoms with E-state index in [0.717, 1.165) is 10.6 Å². The second kappa shape index (κ2) is 10.4. The Labute approximate surface area is 193 Å². The summed E-state index contributed by atoms with van der Waals surface area (Å²) < 4.78 is 16.9. The SMILES string of the molecule is COc1ccc(CN(Cc2ccco2)C(=O)c2cccs2)cc1OCc1nc(CO)cs1. The van der Waals surface area contributed by atoms with E-state index in [1.807, 2.05) is 47.8 Å². The molecule has 1 aromatic carbocycles. The van der Waals surface area contributed by atoms with Gasteiger partial charge in [0.1, 0.15) is 17.4 Å². The third-order valence-electron chi connectivity index (χ3n) is 4.66. The molecule has 166 valence electrons. The number of carbonyl (C=O) groups excluding carboxylic acids is 1. The van der Waals surface area contributed by atoms with Crippen LogP contribution in [0.2, 0.25) is 0 Å². The maximum Gasteiger partial charge on any atom is 0.264 e. The molecule has 32 heavy (non-hydrogen) atoms. The Bertz CT molecular complexity index is 1140. The molecule has 0 radical (unpaired) electrons. The summed E-state index contributed by atoms with van der Waals surface area (Å²) in [6.07, 6.45) is 1.60. The topological polar surface area (TPSA) is 85.0 Å². The molecular formula is C23H22N2O5S2. The molecule has 3 aromatic heterocycles. The molecule has 9 heteroatoms. The predicted molar refractivity (Wildman–Crippen MR) is 122 cm³/mol. The van der Waals surface area contributed by atoms with Gasteiger partial charge in [0.15, 0.2) is 11.5 Å². The molecule has 1 amide bonds. The van der Waals surface area contributed by atoms with Crippen LogP contribution in [0.15, 0.2) is 63.9 Å². The first-order valence-corrected chi connectivity index (χ1v) is 11.6. The first-order chi connectivity index (χ1) is 15.7. The zero-order valence-electron chi connectivity index (χ0n) is 17.4. The highest BCUT2D eigenvalue weighted by molar-refractivity contribution is 7.12. The minimum Gasteiger partial charge on any atom is -0.493 e. The van der Waals surface area contributed by atoms with Crippen LogP contribution in [0.25, 0.3) is 0 Å². The van der Waals surface area contributed by atoms with E-state index < -0.39 is 0 Å². The fourth-order valence-electron chi connectivity index (χ4n) is 3.13. The lowest BCUT2D eigenvalue weighted by Gasteiger charge is -2.22. The number of aromatic nitrogens is 1. The van der Waals surface area contributed by atoms with Gasteiger partial charge in [-0.2, -0.15) is 0 Å². The number of amides is 1. The number of aliphatic hydroxyl groups excluding tert-OH is 1. The molecule has 0 aliphatic heterocycles. The van der Waals surface area contributed by atoms with Crippen molar-refractivity contribution in [3.8, 4) is 11.5 Å². The minimum atomic E-state index is -0.0981. The first kappa shape index (κ1) is 22.1. The van der Waals surface area contributed by atoms with Crippen molar-refractivity contribution in [1.82, 2.24) is 9.88 Å². The van der Waals surface area contributed by atoms with Crippen LogP contribution in [-0.4, -0.2) is 28.0 Å². The number of hydrogen-bond acceptors (Lipinski definition) is 8. The van der Waals surface area contributed by atoms with Gasteiger partial charge in [-0.05, 0) is 41.3 Å². The van der Waals surface area contributed by atoms with Gasteiger partial charge in [0.05, 0.1) is 37.1 Å². The van der Waals surface area contributed by atoms with E-state index in [1.54, 1.807) is 23.7 Å². The smallest absolute Gasteiger partial charge is 0.264 e. The second-order valence-electron chi connectivity index (χ2n) is 6.88. The monoisotopic (exact) mass is 470 g/mol. The van der Waals surface area contributed by atoms with Crippen LogP contribution in [0.5, 0.6) is 11.5 Å². The Hall–Kier alpha value is -3.14. The standard InChI is InChI=1S/C23H22N2O5S2/c1-28-19-7-6-16(10-20(19)30-14-22-24-17(13-26)15-32-22)11-25(12-18-4-2-8-29-18)23(27)21-5-3-9-31-21/h2-10,15,26H,11-14H2,1H3. The number of furan rings is 1. The molecule has 0 bridgehead atoms. The number of rotatable bonds is 10. The summed E-state index contributed by atoms with van der Waals surface area (Å²) >= 11 is 2.84. The highest BCUT2D eigenvalue weighted by atomic mass is 32.1. The van der Waals surface area contributed by atoms with Crippen molar-refractivity contribution < 1.29 is 23.8 Å². The molecule has 4 aromatic rings. The molecule has 3 heterocycles. The molecule has 0 saturated heterocycles. The molecule has 0 atom stereocenters. The molecule has 1 N–H and O–H groups in total. The van der Waals surface area contributed by atoms with Crippen molar-refractivity contribution in [2.24, 2.45) is 0 Å². The van der Waals surface area contributed by atoms with Crippen molar-refractivity contribution in [2.45, 2.75) is 26.3 Å². The van der Waals surface area contributed by atoms with Crippen LogP contribution in [0.1, 0.15) is 31.7 Å². The molecule has 0 unspecified atom stereocenters. The lowest BCUT2D eigenvalue weighted by molar-refractivity contribution is 0.0722. The maximum atomic E-state index is 13.1. The Morgan fingerprint density at radius 1 is 1.16 bits per heavy atom. The van der Waals surface area contributed by atoms with Crippen molar-refractivity contribution in [2.75, 3.05) is 7.11 Å². The van der Waals surface area contributed by atoms with Crippen LogP contribution in [0.4, 0.5) is 0 Å². The Balaban J connectivity index is 1.53. The third kappa shape index (κ3) is 5.37. The molecule has 7 nitrogen and oxygen atoms in total. The normalized spacial score (nSPS) is 10.8. The van der Waals surface area contributed by atoms with E-state index in [4.69, 9.17) is 13.9 Å². The zero-order chi connectivity index (χ0) is 22.3. The largest absolute Gasteiger partial charge is 0.493 e. The summed E-state index contributed by atoms with van der Waals surface area (Å²) in [6, 6.07) is 13.0. The Morgan fingerprint density at radius 2 is 2.06 bits per heavy atom. The highest BCUT2D eigenvalue weighted by Gasteiger charge is 2.19. The molecule has 0 aliphatic carbocycles. The van der Waals surface area contributed by atoms with Crippen LogP contribution >= 0.6 is 22.7 Å². The van der Waals surface area contributed by atoms with Crippen LogP contribution in [0.3, 0.4) is 0 Å². The number of aliphatic hydroxyl groups is 1. The second-order valence-corrected chi connectivity index (χ2v) is 8.77. The number of nitrogens with zero attached hydrogens (tertiary/aromatic N) is 2. The summed E-state index contributed by atoms with van der Waals surface area (Å²) in [6.45, 7) is 0.895. The molecule has 0 saturated carbocycles. The summed E-state index contributed by atoms with van der Waals surface area (Å²) in [5.74, 6) is 1.81. The number of carbonyl (C=O) groups is 1. The maximum absolute atomic E-state index is 13.1. The molecule has 0 fully saturated rings. The van der Waals surface area contributed by atoms with E-state index >= 15 is 0 Å². The molecular weight excluding hydrogens is 448 g/mol. The number of methoxy groups -OCH3 is 1. The number of ether oxygens (including phenoxy) is 2. The quantitative estimate of drug-likeness (QED) is 0.361. The van der Waals surface area contributed by atoms with Crippen molar-refractivity contribution in [3.63, 3.8) is 0 Å². The molecule has 0 aliphatic rings. The average Bonchev–Trinajstić information content (AvgIpc) is 3.60. The Morgan fingerprint density at radius 3 is 2.75 bits per heavy atom. The number of hydrogen-bond donors (Lipinski definition) is 1. The van der Waals surface area contributed by atoms with Gasteiger partial charge in [-0.3, -0.25) is 4.79 Å². The van der Waals surface area contributed by atoms with Crippen LogP contribution < -0.4 is 9.47 Å². The van der Waals surface area contributed by atoms with Crippen molar-refractivity contribution >= 4 is 28.6 Å². The minimum absolute atomic E-state index is 0.0611. The fourth-order valence-corrected chi connectivity index (χ4v) is 4.51. The third-order valence-corrected chi connectivity index (χ3v) is 6.39. The summed E-state index contributed by atoms with van der Waals surface area (Å²) in [5, 5.41) is 13.6. The molecule has 0 spiro atoms. The van der Waals surface area contributed by atoms with Crippen LogP contribution in [-0.2, 0) is 26.3 Å². The number of thiazole rings is 1. The van der Waals surface area contributed by atoms with Gasteiger partial charge in [0.2, 0.25) is 0 Å². The lowest BCUT2D eigenvalue weighted by atomic mass is 10.1. The van der Waals surface area contributed by atoms with E-state index in [0.29, 0.717) is 40.9 Å². The fraction of sp³-hybridized carbons (Fsp3) is 0.217. The van der Waals surface area contributed by atoms with Gasteiger partial charge < -0.3 is 23.9 Å². The highest BCUT2D eigenvalue weighted by Crippen LogP contribution is 2.30. The zero-order valence-corrected chi connectivity index (χ0v) is 19.0. The van der Waals surface area contributed by atoms with Crippen LogP contribution in [0, 0.1) is 0 Å².